The molecule has 0 aromatic heterocycles. The molecule has 160 valence electrons. The molecule has 2 atom stereocenters. The number of aliphatic imine (C=N–C) groups is 1. The van der Waals surface area contributed by atoms with E-state index in [-0.39, 0.29) is 24.5 Å². The lowest BCUT2D eigenvalue weighted by Crippen LogP contribution is -2.44. The third kappa shape index (κ3) is 3.68. The number of carbonyl (C=O) groups excluding carboxylic acids is 1. The first-order valence-electron chi connectivity index (χ1n) is 10.3. The second-order valence-electron chi connectivity index (χ2n) is 7.49. The molecular weight excluding hydrogens is 392 g/mol. The number of rotatable bonds is 7. The van der Waals surface area contributed by atoms with E-state index in [0.29, 0.717) is 22.7 Å². The third-order valence-electron chi connectivity index (χ3n) is 5.75. The summed E-state index contributed by atoms with van der Waals surface area (Å²) in [4.78, 5) is 19.2. The van der Waals surface area contributed by atoms with E-state index in [0.717, 1.165) is 23.4 Å². The molecule has 0 fully saturated rings. The van der Waals surface area contributed by atoms with E-state index < -0.39 is 0 Å². The minimum Gasteiger partial charge on any atom is -0.496 e. The first kappa shape index (κ1) is 20.7. The van der Waals surface area contributed by atoms with Gasteiger partial charge in [0.25, 0.3) is 0 Å². The molecule has 2 aromatic carbocycles. The van der Waals surface area contributed by atoms with Crippen molar-refractivity contribution in [3.8, 4) is 5.75 Å². The standard InChI is InChI=1S/C24H26N4O3/c1-3-15(14-29)24-27-20(21-23(25)26-11-12-28(21)24)17-9-10-18(19(13-17)31-2)22(30)16-7-5-4-6-8-16/h4-13,15,24,27,29H,3,14H2,1-2H3,(H2,25,26). The molecule has 2 aromatic rings. The highest BCUT2D eigenvalue weighted by Gasteiger charge is 2.37. The SMILES string of the molecule is CCC(CO)C1NC(c2ccc(C(=O)c3ccccc3)c(OC)c2)=C2C(N)=NC=CN21. The third-order valence-corrected chi connectivity index (χ3v) is 5.75. The van der Waals surface area contributed by atoms with Gasteiger partial charge in [0.2, 0.25) is 0 Å². The van der Waals surface area contributed by atoms with Gasteiger partial charge in [0.05, 0.1) is 18.4 Å². The van der Waals surface area contributed by atoms with Crippen molar-refractivity contribution in [1.29, 1.82) is 0 Å². The maximum Gasteiger partial charge on any atom is 0.196 e. The molecule has 4 N–H and O–H groups in total. The molecule has 31 heavy (non-hydrogen) atoms. The number of nitrogens with two attached hydrogens (primary N) is 1. The summed E-state index contributed by atoms with van der Waals surface area (Å²) in [5.74, 6) is 0.772. The molecular formula is C24H26N4O3. The monoisotopic (exact) mass is 418 g/mol. The summed E-state index contributed by atoms with van der Waals surface area (Å²) in [5, 5.41) is 13.4. The Hall–Kier alpha value is -3.58. The highest BCUT2D eigenvalue weighted by atomic mass is 16.5. The maximum absolute atomic E-state index is 13.0. The van der Waals surface area contributed by atoms with Crippen LogP contribution in [0.25, 0.3) is 5.70 Å². The summed E-state index contributed by atoms with van der Waals surface area (Å²) in [6, 6.07) is 14.6. The van der Waals surface area contributed by atoms with Gasteiger partial charge in [-0.25, -0.2) is 4.99 Å². The van der Waals surface area contributed by atoms with Crippen LogP contribution in [0.2, 0.25) is 0 Å². The van der Waals surface area contributed by atoms with E-state index in [9.17, 15) is 9.90 Å². The van der Waals surface area contributed by atoms with Crippen LogP contribution in [0.1, 0.15) is 34.8 Å². The molecule has 2 aliphatic rings. The average molecular weight is 418 g/mol. The summed E-state index contributed by atoms with van der Waals surface area (Å²) < 4.78 is 5.57. The van der Waals surface area contributed by atoms with Crippen molar-refractivity contribution in [2.45, 2.75) is 19.5 Å². The lowest BCUT2D eigenvalue weighted by molar-refractivity contribution is 0.103. The molecule has 2 unspecified atom stereocenters. The molecule has 7 nitrogen and oxygen atoms in total. The molecule has 0 saturated heterocycles. The molecule has 4 rings (SSSR count). The van der Waals surface area contributed by atoms with Crippen molar-refractivity contribution in [2.24, 2.45) is 16.6 Å². The fraction of sp³-hybridized carbons (Fsp3) is 0.250. The predicted molar refractivity (Wildman–Crippen MR) is 120 cm³/mol. The quantitative estimate of drug-likeness (QED) is 0.598. The summed E-state index contributed by atoms with van der Waals surface area (Å²) >= 11 is 0. The Labute approximate surface area is 181 Å². The number of hydrogen-bond donors (Lipinski definition) is 3. The van der Waals surface area contributed by atoms with E-state index in [1.54, 1.807) is 31.5 Å². The van der Waals surface area contributed by atoms with Crippen molar-refractivity contribution in [3.05, 3.63) is 83.3 Å². The number of methoxy groups -OCH3 is 1. The lowest BCUT2D eigenvalue weighted by atomic mass is 9.99. The zero-order valence-electron chi connectivity index (χ0n) is 17.6. The van der Waals surface area contributed by atoms with Gasteiger partial charge < -0.3 is 25.8 Å². The molecule has 2 aliphatic heterocycles. The van der Waals surface area contributed by atoms with Crippen molar-refractivity contribution < 1.29 is 14.6 Å². The van der Waals surface area contributed by atoms with Gasteiger partial charge in [0, 0.05) is 36.1 Å². The normalized spacial score (nSPS) is 18.4. The van der Waals surface area contributed by atoms with Crippen LogP contribution in [0.5, 0.6) is 5.75 Å². The highest BCUT2D eigenvalue weighted by molar-refractivity contribution is 6.11. The minimum absolute atomic E-state index is 0.00359. The number of hydrogen-bond acceptors (Lipinski definition) is 7. The first-order chi connectivity index (χ1) is 15.1. The van der Waals surface area contributed by atoms with Gasteiger partial charge >= 0.3 is 0 Å². The van der Waals surface area contributed by atoms with Crippen LogP contribution < -0.4 is 15.8 Å². The van der Waals surface area contributed by atoms with Crippen LogP contribution in [0, 0.1) is 5.92 Å². The van der Waals surface area contributed by atoms with E-state index in [4.69, 9.17) is 10.5 Å². The number of carbonyl (C=O) groups is 1. The van der Waals surface area contributed by atoms with Crippen LogP contribution in [0.4, 0.5) is 0 Å². The number of ketones is 1. The summed E-state index contributed by atoms with van der Waals surface area (Å²) in [5.41, 5.74) is 9.69. The lowest BCUT2D eigenvalue weighted by Gasteiger charge is -2.31. The molecule has 0 spiro atoms. The van der Waals surface area contributed by atoms with Gasteiger partial charge in [-0.3, -0.25) is 4.79 Å². The molecule has 0 radical (unpaired) electrons. The number of benzene rings is 2. The van der Waals surface area contributed by atoms with Crippen LogP contribution in [-0.2, 0) is 0 Å². The maximum atomic E-state index is 13.0. The summed E-state index contributed by atoms with van der Waals surface area (Å²) in [7, 11) is 1.55. The van der Waals surface area contributed by atoms with Crippen LogP contribution in [-0.4, -0.2) is 41.5 Å². The number of nitrogens with one attached hydrogen (secondary N) is 1. The van der Waals surface area contributed by atoms with Crippen molar-refractivity contribution in [1.82, 2.24) is 10.2 Å². The van der Waals surface area contributed by atoms with E-state index in [2.05, 4.69) is 10.3 Å². The Bertz CT molecular complexity index is 1070. The highest BCUT2D eigenvalue weighted by Crippen LogP contribution is 2.35. The second-order valence-corrected chi connectivity index (χ2v) is 7.49. The number of amidine groups is 1. The van der Waals surface area contributed by atoms with Gasteiger partial charge in [-0.05, 0) is 18.6 Å². The predicted octanol–water partition coefficient (Wildman–Crippen LogP) is 2.69. The van der Waals surface area contributed by atoms with Gasteiger partial charge in [0.15, 0.2) is 5.78 Å². The van der Waals surface area contributed by atoms with Crippen molar-refractivity contribution in [3.63, 3.8) is 0 Å². The number of aliphatic hydroxyl groups excluding tert-OH is 1. The smallest absolute Gasteiger partial charge is 0.196 e. The van der Waals surface area contributed by atoms with Gasteiger partial charge in [0.1, 0.15) is 23.4 Å². The minimum atomic E-state index is -0.151. The van der Waals surface area contributed by atoms with Gasteiger partial charge in [-0.2, -0.15) is 0 Å². The summed E-state index contributed by atoms with van der Waals surface area (Å²) in [6.07, 6.45) is 4.16. The Morgan fingerprint density at radius 3 is 2.74 bits per heavy atom. The topological polar surface area (TPSA) is 100 Å². The first-order valence-corrected chi connectivity index (χ1v) is 10.3. The average Bonchev–Trinajstić information content (AvgIpc) is 3.20. The Kier molecular flexibility index (Phi) is 5.77. The van der Waals surface area contributed by atoms with Gasteiger partial charge in [-0.1, -0.05) is 43.3 Å². The van der Waals surface area contributed by atoms with Crippen molar-refractivity contribution >= 4 is 17.3 Å². The largest absolute Gasteiger partial charge is 0.496 e. The zero-order chi connectivity index (χ0) is 22.0. The number of fused-ring (bicyclic) bond motifs is 1. The number of nitrogens with zero attached hydrogens (tertiary/aromatic N) is 2. The fourth-order valence-corrected chi connectivity index (χ4v) is 4.02. The summed E-state index contributed by atoms with van der Waals surface area (Å²) in [6.45, 7) is 2.09. The second kappa shape index (κ2) is 8.65. The van der Waals surface area contributed by atoms with Crippen molar-refractivity contribution in [2.75, 3.05) is 13.7 Å². The molecule has 0 aliphatic carbocycles. The Balaban J connectivity index is 1.75. The molecule has 7 heteroatoms. The van der Waals surface area contributed by atoms with E-state index in [1.165, 1.54) is 0 Å². The molecule has 2 heterocycles. The van der Waals surface area contributed by atoms with Gasteiger partial charge in [-0.15, -0.1) is 0 Å². The van der Waals surface area contributed by atoms with E-state index >= 15 is 0 Å². The Morgan fingerprint density at radius 1 is 1.29 bits per heavy atom. The molecule has 0 saturated carbocycles. The number of ether oxygens (including phenoxy) is 1. The van der Waals surface area contributed by atoms with E-state index in [1.807, 2.05) is 48.4 Å². The molecule has 0 bridgehead atoms. The number of aliphatic hydroxyl groups is 1. The van der Waals surface area contributed by atoms with Crippen LogP contribution >= 0.6 is 0 Å². The molecule has 0 amide bonds. The fourth-order valence-electron chi connectivity index (χ4n) is 4.02. The Morgan fingerprint density at radius 2 is 2.06 bits per heavy atom. The van der Waals surface area contributed by atoms with Crippen LogP contribution in [0.3, 0.4) is 0 Å². The zero-order valence-corrected chi connectivity index (χ0v) is 17.6. The van der Waals surface area contributed by atoms with Crippen LogP contribution in [0.15, 0.2) is 71.6 Å².